The maximum Gasteiger partial charge on any atom is 0.235 e. The van der Waals surface area contributed by atoms with Gasteiger partial charge in [0.15, 0.2) is 0 Å². The number of carbonyl (C=O) groups excluding carboxylic acids is 1. The summed E-state index contributed by atoms with van der Waals surface area (Å²) in [6.45, 7) is 1.98. The summed E-state index contributed by atoms with van der Waals surface area (Å²) < 4.78 is 5.09. The molecule has 0 heterocycles. The van der Waals surface area contributed by atoms with Gasteiger partial charge in [0.25, 0.3) is 0 Å². The summed E-state index contributed by atoms with van der Waals surface area (Å²) in [5.41, 5.74) is 1.23. The van der Waals surface area contributed by atoms with Crippen molar-refractivity contribution in [1.82, 2.24) is 5.32 Å². The number of rotatable bonds is 6. The molecule has 4 heteroatoms. The van der Waals surface area contributed by atoms with Crippen LogP contribution in [-0.4, -0.2) is 24.9 Å². The zero-order chi connectivity index (χ0) is 12.7. The van der Waals surface area contributed by atoms with E-state index in [-0.39, 0.29) is 17.8 Å². The van der Waals surface area contributed by atoms with E-state index in [1.807, 2.05) is 31.2 Å². The van der Waals surface area contributed by atoms with E-state index in [0.717, 1.165) is 18.6 Å². The molecule has 1 atom stereocenters. The fraction of sp³-hybridized carbons (Fsp3) is 0.462. The van der Waals surface area contributed by atoms with Crippen molar-refractivity contribution < 1.29 is 9.53 Å². The number of hydrogen-bond donors (Lipinski definition) is 1. The van der Waals surface area contributed by atoms with Gasteiger partial charge in [-0.3, -0.25) is 4.79 Å². The van der Waals surface area contributed by atoms with E-state index in [1.165, 1.54) is 5.56 Å². The van der Waals surface area contributed by atoms with Gasteiger partial charge in [-0.1, -0.05) is 12.1 Å². The van der Waals surface area contributed by atoms with Gasteiger partial charge in [0, 0.05) is 6.04 Å². The van der Waals surface area contributed by atoms with Gasteiger partial charge in [-0.05, 0) is 37.5 Å². The summed E-state index contributed by atoms with van der Waals surface area (Å²) in [4.78, 5) is 11.1. The van der Waals surface area contributed by atoms with Gasteiger partial charge in [-0.25, -0.2) is 0 Å². The van der Waals surface area contributed by atoms with Crippen molar-refractivity contribution >= 4 is 17.5 Å². The maximum absolute atomic E-state index is 11.1. The molecule has 1 aromatic rings. The zero-order valence-corrected chi connectivity index (χ0v) is 11.0. The highest BCUT2D eigenvalue weighted by Gasteiger charge is 2.06. The number of ether oxygens (including phenoxy) is 1. The fourth-order valence-corrected chi connectivity index (χ4v) is 1.64. The van der Waals surface area contributed by atoms with Gasteiger partial charge in [0.1, 0.15) is 11.6 Å². The molecule has 0 bridgehead atoms. The van der Waals surface area contributed by atoms with Crippen molar-refractivity contribution in [2.24, 2.45) is 0 Å². The Hall–Kier alpha value is -1.22. The second-order valence-electron chi connectivity index (χ2n) is 3.99. The lowest BCUT2D eigenvalue weighted by Gasteiger charge is -2.12. The lowest BCUT2D eigenvalue weighted by molar-refractivity contribution is -0.119. The Balaban J connectivity index is 2.36. The van der Waals surface area contributed by atoms with Gasteiger partial charge >= 0.3 is 0 Å². The smallest absolute Gasteiger partial charge is 0.235 e. The molecule has 0 aliphatic rings. The Labute approximate surface area is 107 Å². The summed E-state index contributed by atoms with van der Waals surface area (Å²) in [5.74, 6) is 0.763. The molecule has 0 aliphatic carbocycles. The predicted octanol–water partition coefficient (Wildman–Crippen LogP) is 2.37. The average molecular weight is 256 g/mol. The lowest BCUT2D eigenvalue weighted by Crippen LogP contribution is -2.33. The standard InChI is InChI=1S/C13H18ClNO2/c1-10(15-13(16)9-14)3-4-11-5-7-12(17-2)8-6-11/h5-8,10H,3-4,9H2,1-2H3,(H,15,16). The summed E-state index contributed by atoms with van der Waals surface area (Å²) >= 11 is 5.42. The molecule has 1 rings (SSSR count). The molecule has 0 radical (unpaired) electrons. The predicted molar refractivity (Wildman–Crippen MR) is 69.6 cm³/mol. The van der Waals surface area contributed by atoms with E-state index in [4.69, 9.17) is 16.3 Å². The molecule has 94 valence electrons. The minimum Gasteiger partial charge on any atom is -0.497 e. The highest BCUT2D eigenvalue weighted by molar-refractivity contribution is 6.27. The Morgan fingerprint density at radius 2 is 2.06 bits per heavy atom. The first kappa shape index (κ1) is 13.8. The van der Waals surface area contributed by atoms with E-state index in [9.17, 15) is 4.79 Å². The van der Waals surface area contributed by atoms with Crippen LogP contribution in [0.15, 0.2) is 24.3 Å². The normalized spacial score (nSPS) is 11.9. The summed E-state index contributed by atoms with van der Waals surface area (Å²) in [5, 5.41) is 2.83. The lowest BCUT2D eigenvalue weighted by atomic mass is 10.1. The van der Waals surface area contributed by atoms with Crippen LogP contribution in [0.1, 0.15) is 18.9 Å². The van der Waals surface area contributed by atoms with Gasteiger partial charge in [-0.15, -0.1) is 11.6 Å². The van der Waals surface area contributed by atoms with E-state index in [1.54, 1.807) is 7.11 Å². The van der Waals surface area contributed by atoms with Crippen LogP contribution in [0.5, 0.6) is 5.75 Å². The highest BCUT2D eigenvalue weighted by atomic mass is 35.5. The van der Waals surface area contributed by atoms with Crippen LogP contribution >= 0.6 is 11.6 Å². The number of nitrogens with one attached hydrogen (secondary N) is 1. The van der Waals surface area contributed by atoms with E-state index >= 15 is 0 Å². The average Bonchev–Trinajstić information content (AvgIpc) is 2.36. The molecular formula is C13H18ClNO2. The molecule has 0 fully saturated rings. The molecule has 17 heavy (non-hydrogen) atoms. The van der Waals surface area contributed by atoms with E-state index < -0.39 is 0 Å². The fourth-order valence-electron chi connectivity index (χ4n) is 1.56. The van der Waals surface area contributed by atoms with Crippen molar-refractivity contribution in [2.75, 3.05) is 13.0 Å². The van der Waals surface area contributed by atoms with Gasteiger partial charge in [0.2, 0.25) is 5.91 Å². The van der Waals surface area contributed by atoms with Crippen molar-refractivity contribution in [3.63, 3.8) is 0 Å². The highest BCUT2D eigenvalue weighted by Crippen LogP contribution is 2.13. The van der Waals surface area contributed by atoms with Crippen LogP contribution in [0.2, 0.25) is 0 Å². The number of carbonyl (C=O) groups is 1. The molecule has 1 aromatic carbocycles. The van der Waals surface area contributed by atoms with Crippen molar-refractivity contribution in [3.05, 3.63) is 29.8 Å². The minimum atomic E-state index is -0.117. The Bertz CT molecular complexity index is 351. The summed E-state index contributed by atoms with van der Waals surface area (Å²) in [6.07, 6.45) is 1.82. The third-order valence-electron chi connectivity index (χ3n) is 2.55. The second-order valence-corrected chi connectivity index (χ2v) is 4.26. The molecular weight excluding hydrogens is 238 g/mol. The van der Waals surface area contributed by atoms with E-state index in [2.05, 4.69) is 5.32 Å². The number of halogens is 1. The van der Waals surface area contributed by atoms with Gasteiger partial charge in [0.05, 0.1) is 7.11 Å². The molecule has 1 amide bonds. The number of methoxy groups -OCH3 is 1. The van der Waals surface area contributed by atoms with Crippen LogP contribution in [0, 0.1) is 0 Å². The summed E-state index contributed by atoms with van der Waals surface area (Å²) in [7, 11) is 1.65. The zero-order valence-electron chi connectivity index (χ0n) is 10.2. The molecule has 0 aliphatic heterocycles. The van der Waals surface area contributed by atoms with Crippen LogP contribution in [-0.2, 0) is 11.2 Å². The molecule has 0 saturated heterocycles. The first-order chi connectivity index (χ1) is 8.15. The largest absolute Gasteiger partial charge is 0.497 e. The van der Waals surface area contributed by atoms with Crippen LogP contribution in [0.4, 0.5) is 0 Å². The maximum atomic E-state index is 11.1. The monoisotopic (exact) mass is 255 g/mol. The van der Waals surface area contributed by atoms with Crippen LogP contribution in [0.25, 0.3) is 0 Å². The number of alkyl halides is 1. The second kappa shape index (κ2) is 7.17. The number of amides is 1. The van der Waals surface area contributed by atoms with E-state index in [0.29, 0.717) is 0 Å². The first-order valence-electron chi connectivity index (χ1n) is 5.64. The van der Waals surface area contributed by atoms with Gasteiger partial charge < -0.3 is 10.1 Å². The third kappa shape index (κ3) is 5.09. The van der Waals surface area contributed by atoms with Gasteiger partial charge in [-0.2, -0.15) is 0 Å². The third-order valence-corrected chi connectivity index (χ3v) is 2.80. The number of benzene rings is 1. The summed E-state index contributed by atoms with van der Waals surface area (Å²) in [6, 6.07) is 8.10. The topological polar surface area (TPSA) is 38.3 Å². The van der Waals surface area contributed by atoms with Crippen molar-refractivity contribution in [1.29, 1.82) is 0 Å². The number of hydrogen-bond acceptors (Lipinski definition) is 2. The van der Waals surface area contributed by atoms with Crippen molar-refractivity contribution in [3.8, 4) is 5.75 Å². The first-order valence-corrected chi connectivity index (χ1v) is 6.17. The minimum absolute atomic E-state index is 0.0207. The SMILES string of the molecule is COc1ccc(CCC(C)NC(=O)CCl)cc1. The molecule has 0 aromatic heterocycles. The van der Waals surface area contributed by atoms with Crippen molar-refractivity contribution in [2.45, 2.75) is 25.8 Å². The quantitative estimate of drug-likeness (QED) is 0.793. The van der Waals surface area contributed by atoms with Crippen LogP contribution < -0.4 is 10.1 Å². The number of aryl methyl sites for hydroxylation is 1. The molecule has 0 saturated carbocycles. The molecule has 3 nitrogen and oxygen atoms in total. The Kier molecular flexibility index (Phi) is 5.84. The Morgan fingerprint density at radius 3 is 2.59 bits per heavy atom. The molecule has 1 unspecified atom stereocenters. The molecule has 1 N–H and O–H groups in total. The van der Waals surface area contributed by atoms with Crippen LogP contribution in [0.3, 0.4) is 0 Å². The molecule has 0 spiro atoms. The Morgan fingerprint density at radius 1 is 1.41 bits per heavy atom.